The van der Waals surface area contributed by atoms with Crippen molar-refractivity contribution in [1.82, 2.24) is 10.6 Å². The first-order chi connectivity index (χ1) is 9.24. The Labute approximate surface area is 113 Å². The van der Waals surface area contributed by atoms with E-state index in [1.807, 2.05) is 31.2 Å². The van der Waals surface area contributed by atoms with Crippen molar-refractivity contribution in [1.29, 1.82) is 0 Å². The monoisotopic (exact) mass is 261 g/mol. The number of hydrogen-bond donors (Lipinski definition) is 2. The molecule has 2 rings (SSSR count). The van der Waals surface area contributed by atoms with Crippen LogP contribution in [0.15, 0.2) is 29.3 Å². The molecule has 1 unspecified atom stereocenters. The van der Waals surface area contributed by atoms with Crippen LogP contribution in [-0.4, -0.2) is 25.5 Å². The molecule has 0 aromatic heterocycles. The van der Waals surface area contributed by atoms with Gasteiger partial charge in [-0.2, -0.15) is 0 Å². The van der Waals surface area contributed by atoms with Crippen molar-refractivity contribution >= 4 is 11.9 Å². The van der Waals surface area contributed by atoms with Crippen LogP contribution >= 0.6 is 0 Å². The molecule has 1 fully saturated rings. The van der Waals surface area contributed by atoms with Gasteiger partial charge in [0.05, 0.1) is 6.61 Å². The third kappa shape index (κ3) is 3.32. The van der Waals surface area contributed by atoms with Crippen molar-refractivity contribution < 1.29 is 9.53 Å². The number of nitrogens with zero attached hydrogens (tertiary/aromatic N) is 1. The lowest BCUT2D eigenvalue weighted by atomic mass is 10.0. The van der Waals surface area contributed by atoms with Crippen molar-refractivity contribution in [2.45, 2.75) is 26.0 Å². The Balaban J connectivity index is 2.13. The van der Waals surface area contributed by atoms with Gasteiger partial charge in [-0.25, -0.2) is 0 Å². The van der Waals surface area contributed by atoms with E-state index in [1.165, 1.54) is 0 Å². The zero-order valence-electron chi connectivity index (χ0n) is 11.3. The van der Waals surface area contributed by atoms with Crippen molar-refractivity contribution in [3.8, 4) is 0 Å². The van der Waals surface area contributed by atoms with E-state index < -0.39 is 0 Å². The predicted octanol–water partition coefficient (Wildman–Crippen LogP) is 1.36. The molecule has 0 aliphatic carbocycles. The number of methoxy groups -OCH3 is 1. The van der Waals surface area contributed by atoms with Crippen LogP contribution < -0.4 is 10.6 Å². The molecule has 1 aromatic carbocycles. The van der Waals surface area contributed by atoms with Gasteiger partial charge in [0.25, 0.3) is 5.91 Å². The van der Waals surface area contributed by atoms with Crippen molar-refractivity contribution in [2.75, 3.05) is 13.7 Å². The molecule has 0 saturated carbocycles. The quantitative estimate of drug-likeness (QED) is 0.841. The summed E-state index contributed by atoms with van der Waals surface area (Å²) in [6.45, 7) is 3.30. The molecule has 1 aliphatic rings. The third-order valence-corrected chi connectivity index (χ3v) is 2.87. The second-order valence-corrected chi connectivity index (χ2v) is 4.47. The maximum absolute atomic E-state index is 11.9. The molecule has 5 nitrogen and oxygen atoms in total. The number of amides is 1. The molecule has 1 amide bonds. The standard InChI is InChI=1S/C14H19N3O2/c1-3-7-15-14-16-12(13(18)17-14)11-6-4-5-10(8-11)9-19-2/h4-6,8,12H,3,7,9H2,1-2H3,(H2,15,16,17,18). The number of nitrogens with one attached hydrogen (secondary N) is 2. The molecule has 102 valence electrons. The van der Waals surface area contributed by atoms with Gasteiger partial charge < -0.3 is 10.1 Å². The fourth-order valence-electron chi connectivity index (χ4n) is 2.00. The van der Waals surface area contributed by atoms with Gasteiger partial charge in [-0.15, -0.1) is 0 Å². The summed E-state index contributed by atoms with van der Waals surface area (Å²) < 4.78 is 5.10. The zero-order valence-corrected chi connectivity index (χ0v) is 11.3. The van der Waals surface area contributed by atoms with Gasteiger partial charge in [0, 0.05) is 13.7 Å². The largest absolute Gasteiger partial charge is 0.380 e. The lowest BCUT2D eigenvalue weighted by molar-refractivity contribution is -0.120. The van der Waals surface area contributed by atoms with Crippen LogP contribution in [0.4, 0.5) is 0 Å². The number of guanidine groups is 1. The zero-order chi connectivity index (χ0) is 13.7. The topological polar surface area (TPSA) is 62.7 Å². The highest BCUT2D eigenvalue weighted by atomic mass is 16.5. The SMILES string of the molecule is CCCN=C1NC(=O)C(c2cccc(COC)c2)N1. The normalized spacial score (nSPS) is 20.4. The molecular formula is C14H19N3O2. The summed E-state index contributed by atoms with van der Waals surface area (Å²) in [4.78, 5) is 16.2. The average molecular weight is 261 g/mol. The number of benzene rings is 1. The molecular weight excluding hydrogens is 242 g/mol. The summed E-state index contributed by atoms with van der Waals surface area (Å²) in [7, 11) is 1.66. The number of hydrogen-bond acceptors (Lipinski definition) is 3. The smallest absolute Gasteiger partial charge is 0.253 e. The molecule has 1 saturated heterocycles. The van der Waals surface area contributed by atoms with E-state index >= 15 is 0 Å². The maximum atomic E-state index is 11.9. The average Bonchev–Trinajstić information content (AvgIpc) is 2.78. The molecule has 1 atom stereocenters. The molecule has 0 spiro atoms. The number of carbonyl (C=O) groups excluding carboxylic acids is 1. The van der Waals surface area contributed by atoms with E-state index in [1.54, 1.807) is 7.11 Å². The van der Waals surface area contributed by atoms with Crippen molar-refractivity contribution in [3.63, 3.8) is 0 Å². The Morgan fingerprint density at radius 2 is 2.26 bits per heavy atom. The van der Waals surface area contributed by atoms with Gasteiger partial charge in [0.15, 0.2) is 5.96 Å². The second-order valence-electron chi connectivity index (χ2n) is 4.47. The number of aliphatic imine (C=N–C) groups is 1. The number of rotatable bonds is 5. The third-order valence-electron chi connectivity index (χ3n) is 2.87. The van der Waals surface area contributed by atoms with Crippen LogP contribution in [0.1, 0.15) is 30.5 Å². The summed E-state index contributed by atoms with van der Waals surface area (Å²) in [5.41, 5.74) is 1.97. The highest BCUT2D eigenvalue weighted by Crippen LogP contribution is 2.18. The maximum Gasteiger partial charge on any atom is 0.253 e. The second kappa shape index (κ2) is 6.33. The summed E-state index contributed by atoms with van der Waals surface area (Å²) in [6, 6.07) is 7.45. The number of carbonyl (C=O) groups is 1. The lowest BCUT2D eigenvalue weighted by Gasteiger charge is -2.09. The highest BCUT2D eigenvalue weighted by molar-refractivity contribution is 6.06. The molecule has 2 N–H and O–H groups in total. The Bertz CT molecular complexity index is 485. The van der Waals surface area contributed by atoms with Crippen LogP contribution in [0.2, 0.25) is 0 Å². The molecule has 5 heteroatoms. The Morgan fingerprint density at radius 1 is 1.42 bits per heavy atom. The molecule has 0 bridgehead atoms. The first-order valence-corrected chi connectivity index (χ1v) is 6.44. The summed E-state index contributed by atoms with van der Waals surface area (Å²) >= 11 is 0. The lowest BCUT2D eigenvalue weighted by Crippen LogP contribution is -2.25. The van der Waals surface area contributed by atoms with Gasteiger partial charge in [0.1, 0.15) is 6.04 Å². The minimum absolute atomic E-state index is 0.0654. The van der Waals surface area contributed by atoms with E-state index in [4.69, 9.17) is 4.74 Å². The number of ether oxygens (including phenoxy) is 1. The van der Waals surface area contributed by atoms with Crippen LogP contribution in [0.25, 0.3) is 0 Å². The van der Waals surface area contributed by atoms with E-state index in [9.17, 15) is 4.79 Å². The predicted molar refractivity (Wildman–Crippen MR) is 73.8 cm³/mol. The van der Waals surface area contributed by atoms with Crippen LogP contribution in [0, 0.1) is 0 Å². The first-order valence-electron chi connectivity index (χ1n) is 6.44. The van der Waals surface area contributed by atoms with Crippen LogP contribution in [0.3, 0.4) is 0 Å². The first kappa shape index (κ1) is 13.5. The summed E-state index contributed by atoms with van der Waals surface area (Å²) in [5.74, 6) is 0.499. The van der Waals surface area contributed by atoms with Crippen molar-refractivity contribution in [2.24, 2.45) is 4.99 Å². The molecule has 0 radical (unpaired) electrons. The van der Waals surface area contributed by atoms with Gasteiger partial charge >= 0.3 is 0 Å². The summed E-state index contributed by atoms with van der Waals surface area (Å²) in [6.07, 6.45) is 0.953. The Kier molecular flexibility index (Phi) is 4.52. The van der Waals surface area contributed by atoms with Crippen LogP contribution in [-0.2, 0) is 16.1 Å². The fraction of sp³-hybridized carbons (Fsp3) is 0.429. The Hall–Kier alpha value is -1.88. The molecule has 19 heavy (non-hydrogen) atoms. The minimum Gasteiger partial charge on any atom is -0.380 e. The minimum atomic E-state index is -0.368. The van der Waals surface area contributed by atoms with E-state index in [2.05, 4.69) is 15.6 Å². The van der Waals surface area contributed by atoms with Gasteiger partial charge in [-0.3, -0.25) is 15.1 Å². The van der Waals surface area contributed by atoms with E-state index in [0.717, 1.165) is 17.5 Å². The van der Waals surface area contributed by atoms with Gasteiger partial charge in [0.2, 0.25) is 0 Å². The van der Waals surface area contributed by atoms with E-state index in [0.29, 0.717) is 19.1 Å². The highest BCUT2D eigenvalue weighted by Gasteiger charge is 2.29. The molecule has 1 aromatic rings. The Morgan fingerprint density at radius 3 is 3.00 bits per heavy atom. The van der Waals surface area contributed by atoms with Gasteiger partial charge in [-0.05, 0) is 17.5 Å². The fourth-order valence-corrected chi connectivity index (χ4v) is 2.00. The van der Waals surface area contributed by atoms with E-state index in [-0.39, 0.29) is 11.9 Å². The molecule has 1 heterocycles. The summed E-state index contributed by atoms with van der Waals surface area (Å²) in [5, 5.41) is 5.87. The van der Waals surface area contributed by atoms with Crippen LogP contribution in [0.5, 0.6) is 0 Å². The van der Waals surface area contributed by atoms with Gasteiger partial charge in [-0.1, -0.05) is 31.2 Å². The molecule has 1 aliphatic heterocycles. The van der Waals surface area contributed by atoms with Crippen molar-refractivity contribution in [3.05, 3.63) is 35.4 Å².